The standard InChI is InChI=1S/C15H20N4OS/c1-3-6-12(13-7-5-8-21-13)19-14(20)11-9-17-15(16-4-2)18-10-11/h5,7-10,12H,3-4,6H2,1-2H3,(H,19,20)(H,16,17,18)/t12-/m1/s1. The van der Waals surface area contributed by atoms with Gasteiger partial charge in [0.1, 0.15) is 0 Å². The van der Waals surface area contributed by atoms with Crippen molar-refractivity contribution in [3.63, 3.8) is 0 Å². The van der Waals surface area contributed by atoms with E-state index in [0.717, 1.165) is 19.4 Å². The van der Waals surface area contributed by atoms with Gasteiger partial charge in [-0.15, -0.1) is 11.3 Å². The normalized spacial score (nSPS) is 11.9. The van der Waals surface area contributed by atoms with Gasteiger partial charge in [-0.2, -0.15) is 0 Å². The van der Waals surface area contributed by atoms with Crippen LogP contribution in [0.2, 0.25) is 0 Å². The molecule has 0 radical (unpaired) electrons. The van der Waals surface area contributed by atoms with Crippen LogP contribution in [0, 0.1) is 0 Å². The first-order chi connectivity index (χ1) is 10.2. The minimum atomic E-state index is -0.134. The van der Waals surface area contributed by atoms with E-state index in [1.165, 1.54) is 4.88 Å². The summed E-state index contributed by atoms with van der Waals surface area (Å²) in [4.78, 5) is 21.7. The van der Waals surface area contributed by atoms with Gasteiger partial charge in [0.2, 0.25) is 5.95 Å². The summed E-state index contributed by atoms with van der Waals surface area (Å²) in [6.45, 7) is 4.84. The molecule has 112 valence electrons. The number of carbonyl (C=O) groups excluding carboxylic acids is 1. The average molecular weight is 304 g/mol. The highest BCUT2D eigenvalue weighted by Crippen LogP contribution is 2.23. The topological polar surface area (TPSA) is 66.9 Å². The molecule has 6 heteroatoms. The first kappa shape index (κ1) is 15.4. The summed E-state index contributed by atoms with van der Waals surface area (Å²) in [6, 6.07) is 4.11. The molecule has 0 aliphatic rings. The largest absolute Gasteiger partial charge is 0.355 e. The highest BCUT2D eigenvalue weighted by Gasteiger charge is 2.16. The lowest BCUT2D eigenvalue weighted by molar-refractivity contribution is 0.0934. The molecule has 0 aliphatic carbocycles. The summed E-state index contributed by atoms with van der Waals surface area (Å²) in [7, 11) is 0. The first-order valence-electron chi connectivity index (χ1n) is 7.14. The summed E-state index contributed by atoms with van der Waals surface area (Å²) < 4.78 is 0. The molecule has 0 fully saturated rings. The molecular formula is C15H20N4OS. The molecule has 2 rings (SSSR count). The smallest absolute Gasteiger partial charge is 0.254 e. The van der Waals surface area contributed by atoms with Crippen molar-refractivity contribution in [2.45, 2.75) is 32.7 Å². The van der Waals surface area contributed by atoms with Gasteiger partial charge in [0.25, 0.3) is 5.91 Å². The van der Waals surface area contributed by atoms with Gasteiger partial charge in [0.05, 0.1) is 11.6 Å². The average Bonchev–Trinajstić information content (AvgIpc) is 3.02. The number of hydrogen-bond donors (Lipinski definition) is 2. The number of nitrogens with zero attached hydrogens (tertiary/aromatic N) is 2. The van der Waals surface area contributed by atoms with Crippen LogP contribution >= 0.6 is 11.3 Å². The molecule has 1 amide bonds. The molecule has 0 saturated carbocycles. The van der Waals surface area contributed by atoms with Crippen molar-refractivity contribution < 1.29 is 4.79 Å². The van der Waals surface area contributed by atoms with Crippen molar-refractivity contribution in [3.05, 3.63) is 40.3 Å². The Morgan fingerprint density at radius 2 is 2.10 bits per heavy atom. The van der Waals surface area contributed by atoms with Crippen molar-refractivity contribution in [2.24, 2.45) is 0 Å². The minimum Gasteiger partial charge on any atom is -0.355 e. The number of hydrogen-bond acceptors (Lipinski definition) is 5. The zero-order valence-electron chi connectivity index (χ0n) is 12.3. The number of carbonyl (C=O) groups is 1. The van der Waals surface area contributed by atoms with Crippen LogP contribution in [0.5, 0.6) is 0 Å². The van der Waals surface area contributed by atoms with Gasteiger partial charge in [-0.05, 0) is 24.8 Å². The Balaban J connectivity index is 2.04. The van der Waals surface area contributed by atoms with Crippen molar-refractivity contribution in [1.29, 1.82) is 0 Å². The van der Waals surface area contributed by atoms with Crippen LogP contribution in [0.15, 0.2) is 29.9 Å². The summed E-state index contributed by atoms with van der Waals surface area (Å²) in [5.41, 5.74) is 0.481. The second-order valence-corrected chi connectivity index (χ2v) is 5.64. The Bertz CT molecular complexity index is 554. The molecule has 0 aromatic carbocycles. The zero-order valence-corrected chi connectivity index (χ0v) is 13.1. The van der Waals surface area contributed by atoms with Gasteiger partial charge in [-0.1, -0.05) is 19.4 Å². The van der Waals surface area contributed by atoms with Gasteiger partial charge >= 0.3 is 0 Å². The fourth-order valence-electron chi connectivity index (χ4n) is 2.00. The van der Waals surface area contributed by atoms with Gasteiger partial charge in [0.15, 0.2) is 0 Å². The first-order valence-corrected chi connectivity index (χ1v) is 8.02. The fraction of sp³-hybridized carbons (Fsp3) is 0.400. The molecule has 21 heavy (non-hydrogen) atoms. The molecule has 1 atom stereocenters. The SMILES string of the molecule is CCC[C@@H](NC(=O)c1cnc(NCC)nc1)c1cccs1. The number of amides is 1. The van der Waals surface area contributed by atoms with Crippen LogP contribution in [-0.2, 0) is 0 Å². The van der Waals surface area contributed by atoms with Gasteiger partial charge in [-0.3, -0.25) is 4.79 Å². The van der Waals surface area contributed by atoms with Crippen LogP contribution in [0.4, 0.5) is 5.95 Å². The molecule has 5 nitrogen and oxygen atoms in total. The maximum Gasteiger partial charge on any atom is 0.254 e. The van der Waals surface area contributed by atoms with E-state index in [1.807, 2.05) is 18.4 Å². The summed E-state index contributed by atoms with van der Waals surface area (Å²) in [5.74, 6) is 0.405. The third-order valence-electron chi connectivity index (χ3n) is 3.02. The molecule has 2 heterocycles. The summed E-state index contributed by atoms with van der Waals surface area (Å²) in [5, 5.41) is 8.09. The molecule has 0 spiro atoms. The zero-order chi connectivity index (χ0) is 15.1. The minimum absolute atomic E-state index is 0.0518. The van der Waals surface area contributed by atoms with Crippen LogP contribution < -0.4 is 10.6 Å². The predicted octanol–water partition coefficient (Wildman–Crippen LogP) is 3.24. The number of thiophene rings is 1. The molecular weight excluding hydrogens is 284 g/mol. The van der Waals surface area contributed by atoms with E-state index in [2.05, 4.69) is 33.6 Å². The van der Waals surface area contributed by atoms with E-state index in [9.17, 15) is 4.79 Å². The third kappa shape index (κ3) is 4.26. The van der Waals surface area contributed by atoms with Crippen LogP contribution in [0.1, 0.15) is 48.0 Å². The summed E-state index contributed by atoms with van der Waals surface area (Å²) >= 11 is 1.66. The Hall–Kier alpha value is -1.95. The molecule has 0 bridgehead atoms. The van der Waals surface area contributed by atoms with E-state index < -0.39 is 0 Å². The molecule has 0 aliphatic heterocycles. The number of aromatic nitrogens is 2. The molecule has 2 aromatic heterocycles. The monoisotopic (exact) mass is 304 g/mol. The van der Waals surface area contributed by atoms with Gasteiger partial charge in [0, 0.05) is 23.8 Å². The molecule has 2 aromatic rings. The maximum absolute atomic E-state index is 12.3. The number of anilines is 1. The summed E-state index contributed by atoms with van der Waals surface area (Å²) in [6.07, 6.45) is 5.04. The van der Waals surface area contributed by atoms with Crippen LogP contribution in [-0.4, -0.2) is 22.4 Å². The lowest BCUT2D eigenvalue weighted by Crippen LogP contribution is -2.28. The highest BCUT2D eigenvalue weighted by atomic mass is 32.1. The van der Waals surface area contributed by atoms with Crippen molar-refractivity contribution in [3.8, 4) is 0 Å². The van der Waals surface area contributed by atoms with Gasteiger partial charge in [-0.25, -0.2) is 9.97 Å². The van der Waals surface area contributed by atoms with Crippen LogP contribution in [0.25, 0.3) is 0 Å². The van der Waals surface area contributed by atoms with Crippen LogP contribution in [0.3, 0.4) is 0 Å². The molecule has 0 unspecified atom stereocenters. The predicted molar refractivity (Wildman–Crippen MR) is 85.6 cm³/mol. The fourth-order valence-corrected chi connectivity index (χ4v) is 2.81. The Kier molecular flexibility index (Phi) is 5.68. The Morgan fingerprint density at radius 1 is 1.33 bits per heavy atom. The van der Waals surface area contributed by atoms with E-state index in [1.54, 1.807) is 23.7 Å². The number of nitrogens with one attached hydrogen (secondary N) is 2. The van der Waals surface area contributed by atoms with Crippen molar-refractivity contribution >= 4 is 23.2 Å². The Morgan fingerprint density at radius 3 is 2.67 bits per heavy atom. The van der Waals surface area contributed by atoms with E-state index in [4.69, 9.17) is 0 Å². The highest BCUT2D eigenvalue weighted by molar-refractivity contribution is 7.10. The second-order valence-electron chi connectivity index (χ2n) is 4.66. The molecule has 2 N–H and O–H groups in total. The molecule has 0 saturated heterocycles. The van der Waals surface area contributed by atoms with E-state index in [0.29, 0.717) is 11.5 Å². The lowest BCUT2D eigenvalue weighted by Gasteiger charge is -2.16. The maximum atomic E-state index is 12.3. The lowest BCUT2D eigenvalue weighted by atomic mass is 10.1. The van der Waals surface area contributed by atoms with Crippen molar-refractivity contribution in [1.82, 2.24) is 15.3 Å². The Labute approximate surface area is 128 Å². The van der Waals surface area contributed by atoms with E-state index in [-0.39, 0.29) is 11.9 Å². The van der Waals surface area contributed by atoms with E-state index >= 15 is 0 Å². The second kappa shape index (κ2) is 7.73. The van der Waals surface area contributed by atoms with Gasteiger partial charge < -0.3 is 10.6 Å². The quantitative estimate of drug-likeness (QED) is 0.824. The number of rotatable bonds is 7. The third-order valence-corrected chi connectivity index (χ3v) is 4.00. The van der Waals surface area contributed by atoms with Crippen molar-refractivity contribution in [2.75, 3.05) is 11.9 Å².